The van der Waals surface area contributed by atoms with Gasteiger partial charge in [-0.1, -0.05) is 32.0 Å². The van der Waals surface area contributed by atoms with Crippen LogP contribution in [0.25, 0.3) is 0 Å². The van der Waals surface area contributed by atoms with E-state index in [1.54, 1.807) is 4.90 Å². The van der Waals surface area contributed by atoms with Gasteiger partial charge in [-0.25, -0.2) is 4.79 Å². The van der Waals surface area contributed by atoms with Crippen molar-refractivity contribution < 1.29 is 22.8 Å². The van der Waals surface area contributed by atoms with E-state index in [2.05, 4.69) is 5.32 Å². The molecule has 0 bridgehead atoms. The number of nitrogens with one attached hydrogen (secondary N) is 1. The lowest BCUT2D eigenvalue weighted by atomic mass is 9.92. The first-order valence-corrected chi connectivity index (χ1v) is 8.84. The maximum Gasteiger partial charge on any atom is 0.416 e. The SMILES string of the molecule is CC(C)CCN1CC2=C(C1=O)[C@@H](c1ccccc1C(F)(F)F)NC(=O)N2C. The first kappa shape index (κ1) is 19.3. The minimum absolute atomic E-state index is 0.113. The fourth-order valence-electron chi connectivity index (χ4n) is 3.46. The number of nitrogens with zero attached hydrogens (tertiary/aromatic N) is 2. The van der Waals surface area contributed by atoms with Crippen molar-refractivity contribution >= 4 is 11.9 Å². The molecule has 1 atom stereocenters. The highest BCUT2D eigenvalue weighted by Gasteiger charge is 2.45. The fraction of sp³-hybridized carbons (Fsp3) is 0.474. The second-order valence-corrected chi connectivity index (χ2v) is 7.30. The molecule has 8 heteroatoms. The molecule has 5 nitrogen and oxygen atoms in total. The summed E-state index contributed by atoms with van der Waals surface area (Å²) in [5.74, 6) is 0.0640. The molecule has 0 spiro atoms. The molecule has 3 rings (SSSR count). The van der Waals surface area contributed by atoms with Crippen molar-refractivity contribution in [3.05, 3.63) is 46.7 Å². The standard InChI is InChI=1S/C19H22F3N3O2/c1-11(2)8-9-25-10-14-15(17(25)26)16(23-18(27)24(14)3)12-6-4-5-7-13(12)19(20,21)22/h4-7,11,16H,8-10H2,1-3H3,(H,23,27)/t16-/m1/s1. The molecular weight excluding hydrogens is 359 g/mol. The maximum atomic E-state index is 13.5. The number of rotatable bonds is 4. The van der Waals surface area contributed by atoms with Crippen molar-refractivity contribution in [2.45, 2.75) is 32.5 Å². The van der Waals surface area contributed by atoms with Gasteiger partial charge in [-0.15, -0.1) is 0 Å². The average Bonchev–Trinajstić information content (AvgIpc) is 2.92. The van der Waals surface area contributed by atoms with Crippen molar-refractivity contribution in [1.82, 2.24) is 15.1 Å². The van der Waals surface area contributed by atoms with Crippen LogP contribution in [-0.2, 0) is 11.0 Å². The Labute approximate surface area is 155 Å². The van der Waals surface area contributed by atoms with Crippen molar-refractivity contribution in [3.63, 3.8) is 0 Å². The van der Waals surface area contributed by atoms with E-state index >= 15 is 0 Å². The Morgan fingerprint density at radius 3 is 2.52 bits per heavy atom. The van der Waals surface area contributed by atoms with Gasteiger partial charge in [-0.05, 0) is 24.0 Å². The van der Waals surface area contributed by atoms with Crippen LogP contribution in [0.4, 0.5) is 18.0 Å². The van der Waals surface area contributed by atoms with E-state index in [0.29, 0.717) is 18.2 Å². The van der Waals surface area contributed by atoms with Gasteiger partial charge in [0, 0.05) is 13.6 Å². The highest BCUT2D eigenvalue weighted by molar-refractivity contribution is 6.01. The van der Waals surface area contributed by atoms with E-state index in [9.17, 15) is 22.8 Å². The van der Waals surface area contributed by atoms with Gasteiger partial charge in [0.1, 0.15) is 0 Å². The molecule has 0 fully saturated rings. The first-order chi connectivity index (χ1) is 12.6. The topological polar surface area (TPSA) is 52.7 Å². The number of halogens is 3. The maximum absolute atomic E-state index is 13.5. The molecule has 1 aromatic carbocycles. The smallest absolute Gasteiger partial charge is 0.333 e. The van der Waals surface area contributed by atoms with Crippen LogP contribution < -0.4 is 5.32 Å². The molecule has 27 heavy (non-hydrogen) atoms. The van der Waals surface area contributed by atoms with Crippen LogP contribution in [0, 0.1) is 5.92 Å². The van der Waals surface area contributed by atoms with E-state index in [4.69, 9.17) is 0 Å². The molecule has 0 aliphatic carbocycles. The van der Waals surface area contributed by atoms with Crippen LogP contribution in [0.15, 0.2) is 35.5 Å². The number of hydrogen-bond acceptors (Lipinski definition) is 2. The molecule has 0 aromatic heterocycles. The minimum atomic E-state index is -4.58. The Bertz CT molecular complexity index is 802. The second-order valence-electron chi connectivity index (χ2n) is 7.30. The van der Waals surface area contributed by atoms with Crippen LogP contribution in [-0.4, -0.2) is 41.9 Å². The van der Waals surface area contributed by atoms with Crippen LogP contribution in [0.2, 0.25) is 0 Å². The monoisotopic (exact) mass is 381 g/mol. The molecule has 0 saturated heterocycles. The minimum Gasteiger partial charge on any atom is -0.333 e. The zero-order valence-electron chi connectivity index (χ0n) is 15.4. The molecule has 0 saturated carbocycles. The van der Waals surface area contributed by atoms with Gasteiger partial charge >= 0.3 is 12.2 Å². The lowest BCUT2D eigenvalue weighted by molar-refractivity contribution is -0.138. The number of likely N-dealkylation sites (N-methyl/N-ethyl adjacent to an activating group) is 1. The van der Waals surface area contributed by atoms with Gasteiger partial charge in [0.2, 0.25) is 0 Å². The van der Waals surface area contributed by atoms with Crippen molar-refractivity contribution in [3.8, 4) is 0 Å². The van der Waals surface area contributed by atoms with Crippen LogP contribution in [0.1, 0.15) is 37.4 Å². The fourth-order valence-corrected chi connectivity index (χ4v) is 3.46. The molecule has 1 aromatic rings. The summed E-state index contributed by atoms with van der Waals surface area (Å²) in [6.45, 7) is 4.80. The van der Waals surface area contributed by atoms with Gasteiger partial charge < -0.3 is 10.2 Å². The largest absolute Gasteiger partial charge is 0.416 e. The van der Waals surface area contributed by atoms with E-state index in [-0.39, 0.29) is 23.6 Å². The molecule has 146 valence electrons. The number of benzene rings is 1. The van der Waals surface area contributed by atoms with Gasteiger partial charge in [0.25, 0.3) is 5.91 Å². The second kappa shape index (κ2) is 6.90. The van der Waals surface area contributed by atoms with Crippen LogP contribution >= 0.6 is 0 Å². The lowest BCUT2D eigenvalue weighted by Gasteiger charge is -2.32. The summed E-state index contributed by atoms with van der Waals surface area (Å²) in [6, 6.07) is 3.42. The van der Waals surface area contributed by atoms with E-state index < -0.39 is 23.8 Å². The summed E-state index contributed by atoms with van der Waals surface area (Å²) < 4.78 is 40.4. The predicted molar refractivity (Wildman–Crippen MR) is 93.5 cm³/mol. The molecule has 2 aliphatic rings. The van der Waals surface area contributed by atoms with Crippen molar-refractivity contribution in [2.24, 2.45) is 5.92 Å². The molecule has 2 aliphatic heterocycles. The molecule has 0 unspecified atom stereocenters. The van der Waals surface area contributed by atoms with Gasteiger partial charge in [-0.2, -0.15) is 13.2 Å². The number of alkyl halides is 3. The van der Waals surface area contributed by atoms with Crippen LogP contribution in [0.5, 0.6) is 0 Å². The molecule has 3 amide bonds. The molecular formula is C19H22F3N3O2. The number of urea groups is 1. The summed E-state index contributed by atoms with van der Waals surface area (Å²) >= 11 is 0. The highest BCUT2D eigenvalue weighted by Crippen LogP contribution is 2.41. The summed E-state index contributed by atoms with van der Waals surface area (Å²) in [7, 11) is 1.52. The third-order valence-corrected chi connectivity index (χ3v) is 4.99. The van der Waals surface area contributed by atoms with E-state index in [1.165, 1.54) is 30.1 Å². The third-order valence-electron chi connectivity index (χ3n) is 4.99. The summed E-state index contributed by atoms with van der Waals surface area (Å²) in [5, 5.41) is 2.56. The highest BCUT2D eigenvalue weighted by atomic mass is 19.4. The summed E-state index contributed by atoms with van der Waals surface area (Å²) in [6.07, 6.45) is -3.80. The Balaban J connectivity index is 2.03. The van der Waals surface area contributed by atoms with Gasteiger partial charge in [0.15, 0.2) is 0 Å². The Hall–Kier alpha value is -2.51. The third kappa shape index (κ3) is 3.52. The van der Waals surface area contributed by atoms with Gasteiger partial charge in [-0.3, -0.25) is 9.69 Å². The van der Waals surface area contributed by atoms with Crippen molar-refractivity contribution in [2.75, 3.05) is 20.1 Å². The first-order valence-electron chi connectivity index (χ1n) is 8.84. The quantitative estimate of drug-likeness (QED) is 0.867. The average molecular weight is 381 g/mol. The zero-order chi connectivity index (χ0) is 19.9. The number of carbonyl (C=O) groups is 2. The van der Waals surface area contributed by atoms with Crippen molar-refractivity contribution in [1.29, 1.82) is 0 Å². The van der Waals surface area contributed by atoms with E-state index in [0.717, 1.165) is 12.5 Å². The number of carbonyl (C=O) groups excluding carboxylic acids is 2. The normalized spacial score (nSPS) is 20.5. The summed E-state index contributed by atoms with van der Waals surface area (Å²) in [4.78, 5) is 28.2. The van der Waals surface area contributed by atoms with Gasteiger partial charge in [0.05, 0.1) is 29.4 Å². The molecule has 2 heterocycles. The van der Waals surface area contributed by atoms with Crippen LogP contribution in [0.3, 0.4) is 0 Å². The molecule has 1 N–H and O–H groups in total. The Kier molecular flexibility index (Phi) is 4.92. The van der Waals surface area contributed by atoms with E-state index in [1.807, 2.05) is 13.8 Å². The lowest BCUT2D eigenvalue weighted by Crippen LogP contribution is -2.45. The summed E-state index contributed by atoms with van der Waals surface area (Å²) in [5.41, 5.74) is -0.273. The number of amides is 3. The number of hydrogen-bond donors (Lipinski definition) is 1. The molecule has 0 radical (unpaired) electrons. The Morgan fingerprint density at radius 2 is 1.89 bits per heavy atom. The zero-order valence-corrected chi connectivity index (χ0v) is 15.4. The predicted octanol–water partition coefficient (Wildman–Crippen LogP) is 3.54. The Morgan fingerprint density at radius 1 is 1.22 bits per heavy atom.